The van der Waals surface area contributed by atoms with E-state index < -0.39 is 0 Å². The van der Waals surface area contributed by atoms with Gasteiger partial charge in [0.25, 0.3) is 0 Å². The summed E-state index contributed by atoms with van der Waals surface area (Å²) in [5.74, 6) is -0.315. The molecular weight excluding hydrogens is 277 g/mol. The fraction of sp³-hybridized carbons (Fsp3) is 0.500. The molecule has 1 saturated heterocycles. The van der Waals surface area contributed by atoms with Crippen molar-refractivity contribution in [3.63, 3.8) is 0 Å². The van der Waals surface area contributed by atoms with Crippen LogP contribution in [0.25, 0.3) is 0 Å². The van der Waals surface area contributed by atoms with Gasteiger partial charge in [0.05, 0.1) is 6.61 Å². The minimum Gasteiger partial charge on any atom is -0.395 e. The van der Waals surface area contributed by atoms with Gasteiger partial charge in [-0.1, -0.05) is 18.3 Å². The number of thiocarbonyl (C=S) groups is 1. The van der Waals surface area contributed by atoms with E-state index in [2.05, 4.69) is 9.80 Å². The first kappa shape index (κ1) is 15.3. The lowest BCUT2D eigenvalue weighted by Crippen LogP contribution is -2.46. The Kier molecular flexibility index (Phi) is 5.42. The molecule has 3 N–H and O–H groups in total. The maximum atomic E-state index is 13.3. The van der Waals surface area contributed by atoms with Crippen molar-refractivity contribution in [3.8, 4) is 0 Å². The molecule has 0 spiro atoms. The molecule has 110 valence electrons. The minimum absolute atomic E-state index is 0.198. The summed E-state index contributed by atoms with van der Waals surface area (Å²) in [6.45, 7) is 5.36. The maximum absolute atomic E-state index is 13.3. The first-order valence-corrected chi connectivity index (χ1v) is 7.15. The number of hydrogen-bond donors (Lipinski definition) is 2. The van der Waals surface area contributed by atoms with Gasteiger partial charge in [0.15, 0.2) is 0 Å². The van der Waals surface area contributed by atoms with Crippen molar-refractivity contribution in [1.29, 1.82) is 0 Å². The topological polar surface area (TPSA) is 52.7 Å². The van der Waals surface area contributed by atoms with Gasteiger partial charge in [-0.15, -0.1) is 0 Å². The number of aliphatic hydroxyl groups is 1. The lowest BCUT2D eigenvalue weighted by molar-refractivity contribution is 0.108. The molecule has 4 nitrogen and oxygen atoms in total. The van der Waals surface area contributed by atoms with Crippen molar-refractivity contribution in [1.82, 2.24) is 9.80 Å². The molecule has 1 fully saturated rings. The summed E-state index contributed by atoms with van der Waals surface area (Å²) in [7, 11) is 0. The van der Waals surface area contributed by atoms with Crippen LogP contribution in [-0.4, -0.2) is 59.2 Å². The monoisotopic (exact) mass is 297 g/mol. The van der Waals surface area contributed by atoms with Gasteiger partial charge in [0, 0.05) is 44.8 Å². The Bertz CT molecular complexity index is 475. The SMILES string of the molecule is NC(=S)c1cc(F)ccc1CN1CCN(CCO)CC1. The third-order valence-electron chi connectivity index (χ3n) is 3.61. The molecule has 0 atom stereocenters. The molecule has 0 bridgehead atoms. The minimum atomic E-state index is -0.315. The molecule has 0 radical (unpaired) electrons. The molecule has 20 heavy (non-hydrogen) atoms. The van der Waals surface area contributed by atoms with Crippen LogP contribution in [0.3, 0.4) is 0 Å². The summed E-state index contributed by atoms with van der Waals surface area (Å²) >= 11 is 4.99. The smallest absolute Gasteiger partial charge is 0.123 e. The zero-order chi connectivity index (χ0) is 14.5. The highest BCUT2D eigenvalue weighted by atomic mass is 32.1. The van der Waals surface area contributed by atoms with Gasteiger partial charge in [-0.3, -0.25) is 9.80 Å². The zero-order valence-corrected chi connectivity index (χ0v) is 12.2. The second kappa shape index (κ2) is 7.08. The van der Waals surface area contributed by atoms with Gasteiger partial charge in [-0.05, 0) is 17.7 Å². The Hall–Kier alpha value is -1.08. The number of halogens is 1. The van der Waals surface area contributed by atoms with Crippen LogP contribution in [0.2, 0.25) is 0 Å². The number of hydrogen-bond acceptors (Lipinski definition) is 4. The number of nitrogens with two attached hydrogens (primary N) is 1. The Morgan fingerprint density at radius 3 is 2.50 bits per heavy atom. The van der Waals surface area contributed by atoms with Gasteiger partial charge < -0.3 is 10.8 Å². The second-order valence-electron chi connectivity index (χ2n) is 5.01. The van der Waals surface area contributed by atoms with E-state index in [1.54, 1.807) is 6.07 Å². The second-order valence-corrected chi connectivity index (χ2v) is 5.45. The number of β-amino-alcohol motifs (C(OH)–C–C–N with tert-alkyl or cyclic N) is 1. The van der Waals surface area contributed by atoms with Crippen LogP contribution in [0.5, 0.6) is 0 Å². The molecule has 1 aromatic rings. The highest BCUT2D eigenvalue weighted by Gasteiger charge is 2.18. The molecule has 6 heteroatoms. The Morgan fingerprint density at radius 2 is 1.90 bits per heavy atom. The first-order chi connectivity index (χ1) is 9.60. The number of nitrogens with zero attached hydrogens (tertiary/aromatic N) is 2. The Labute approximate surface area is 124 Å². The maximum Gasteiger partial charge on any atom is 0.123 e. The molecule has 0 aliphatic carbocycles. The normalized spacial score (nSPS) is 17.3. The van der Waals surface area contributed by atoms with E-state index in [1.165, 1.54) is 12.1 Å². The van der Waals surface area contributed by atoms with Crippen LogP contribution in [0.15, 0.2) is 18.2 Å². The van der Waals surface area contributed by atoms with Crippen molar-refractivity contribution in [2.45, 2.75) is 6.54 Å². The van der Waals surface area contributed by atoms with Crippen molar-refractivity contribution in [3.05, 3.63) is 35.1 Å². The number of rotatable bonds is 5. The predicted molar refractivity (Wildman–Crippen MR) is 81.1 cm³/mol. The van der Waals surface area contributed by atoms with Crippen LogP contribution < -0.4 is 5.73 Å². The van der Waals surface area contributed by atoms with E-state index >= 15 is 0 Å². The number of piperazine rings is 1. The summed E-state index contributed by atoms with van der Waals surface area (Å²) in [5, 5.41) is 8.92. The number of benzene rings is 1. The highest BCUT2D eigenvalue weighted by Crippen LogP contribution is 2.15. The van der Waals surface area contributed by atoms with Crippen LogP contribution >= 0.6 is 12.2 Å². The summed E-state index contributed by atoms with van der Waals surface area (Å²) < 4.78 is 13.3. The first-order valence-electron chi connectivity index (χ1n) is 6.74. The van der Waals surface area contributed by atoms with E-state index in [-0.39, 0.29) is 17.4 Å². The molecule has 1 aromatic carbocycles. The average Bonchev–Trinajstić information content (AvgIpc) is 2.43. The van der Waals surface area contributed by atoms with E-state index in [0.717, 1.165) is 44.8 Å². The molecule has 1 aliphatic heterocycles. The van der Waals surface area contributed by atoms with Crippen LogP contribution in [0.1, 0.15) is 11.1 Å². The summed E-state index contributed by atoms with van der Waals surface area (Å²) in [6.07, 6.45) is 0. The highest BCUT2D eigenvalue weighted by molar-refractivity contribution is 7.80. The zero-order valence-electron chi connectivity index (χ0n) is 11.4. The fourth-order valence-electron chi connectivity index (χ4n) is 2.47. The van der Waals surface area contributed by atoms with E-state index in [1.807, 2.05) is 0 Å². The summed E-state index contributed by atoms with van der Waals surface area (Å²) in [4.78, 5) is 4.76. The molecule has 0 amide bonds. The van der Waals surface area contributed by atoms with Crippen LogP contribution in [-0.2, 0) is 6.54 Å². The fourth-order valence-corrected chi connectivity index (χ4v) is 2.66. The van der Waals surface area contributed by atoms with Crippen molar-refractivity contribution >= 4 is 17.2 Å². The van der Waals surface area contributed by atoms with E-state index in [0.29, 0.717) is 5.56 Å². The van der Waals surface area contributed by atoms with Gasteiger partial charge in [0.2, 0.25) is 0 Å². The Morgan fingerprint density at radius 1 is 1.25 bits per heavy atom. The quantitative estimate of drug-likeness (QED) is 0.778. The lowest BCUT2D eigenvalue weighted by atomic mass is 10.1. The van der Waals surface area contributed by atoms with Gasteiger partial charge in [-0.2, -0.15) is 0 Å². The molecule has 1 aliphatic rings. The average molecular weight is 297 g/mol. The van der Waals surface area contributed by atoms with Gasteiger partial charge >= 0.3 is 0 Å². The third kappa shape index (κ3) is 3.96. The van der Waals surface area contributed by atoms with Gasteiger partial charge in [-0.25, -0.2) is 4.39 Å². The van der Waals surface area contributed by atoms with Crippen molar-refractivity contribution < 1.29 is 9.50 Å². The lowest BCUT2D eigenvalue weighted by Gasteiger charge is -2.34. The molecule has 0 unspecified atom stereocenters. The molecule has 0 aromatic heterocycles. The molecule has 0 saturated carbocycles. The van der Waals surface area contributed by atoms with E-state index in [9.17, 15) is 4.39 Å². The van der Waals surface area contributed by atoms with E-state index in [4.69, 9.17) is 23.1 Å². The standard InChI is InChI=1S/C14H20FN3OS/c15-12-2-1-11(13(9-12)14(16)20)10-18-5-3-17(4-6-18)7-8-19/h1-2,9,19H,3-8,10H2,(H2,16,20). The third-order valence-corrected chi connectivity index (χ3v) is 3.83. The van der Waals surface area contributed by atoms with Gasteiger partial charge in [0.1, 0.15) is 10.8 Å². The summed E-state index contributed by atoms with van der Waals surface area (Å²) in [5.41, 5.74) is 7.25. The molecular formula is C14H20FN3OS. The summed E-state index contributed by atoms with van der Waals surface area (Å²) in [6, 6.07) is 4.60. The Balaban J connectivity index is 1.99. The van der Waals surface area contributed by atoms with Crippen molar-refractivity contribution in [2.75, 3.05) is 39.3 Å². The largest absolute Gasteiger partial charge is 0.395 e. The molecule has 1 heterocycles. The predicted octanol–water partition coefficient (Wildman–Crippen LogP) is 0.570. The van der Waals surface area contributed by atoms with Crippen LogP contribution in [0.4, 0.5) is 4.39 Å². The van der Waals surface area contributed by atoms with Crippen LogP contribution in [0, 0.1) is 5.82 Å². The molecule has 2 rings (SSSR count). The van der Waals surface area contributed by atoms with Crippen molar-refractivity contribution in [2.24, 2.45) is 5.73 Å². The number of aliphatic hydroxyl groups excluding tert-OH is 1.